The van der Waals surface area contributed by atoms with Crippen molar-refractivity contribution in [2.75, 3.05) is 17.2 Å². The fourth-order valence-electron chi connectivity index (χ4n) is 2.46. The lowest BCUT2D eigenvalue weighted by atomic mass is 10.2. The van der Waals surface area contributed by atoms with Gasteiger partial charge in [0.1, 0.15) is 5.69 Å². The number of benzene rings is 2. The highest BCUT2D eigenvalue weighted by Gasteiger charge is 2.12. The van der Waals surface area contributed by atoms with Gasteiger partial charge in [0.05, 0.1) is 22.2 Å². The minimum atomic E-state index is -0.483. The zero-order chi connectivity index (χ0) is 18.5. The van der Waals surface area contributed by atoms with E-state index in [2.05, 4.69) is 20.6 Å². The monoisotopic (exact) mass is 353 g/mol. The summed E-state index contributed by atoms with van der Waals surface area (Å²) in [5, 5.41) is 16.9. The average molecular weight is 353 g/mol. The Kier molecular flexibility index (Phi) is 4.88. The first-order valence-electron chi connectivity index (χ1n) is 7.79. The average Bonchev–Trinajstić information content (AvgIpc) is 2.63. The summed E-state index contributed by atoms with van der Waals surface area (Å²) >= 11 is 0. The number of H-pyrrole nitrogens is 1. The number of hydrogen-bond donors (Lipinski definition) is 3. The van der Waals surface area contributed by atoms with Gasteiger partial charge in [-0.2, -0.15) is 0 Å². The van der Waals surface area contributed by atoms with Crippen molar-refractivity contribution in [3.05, 3.63) is 69.3 Å². The van der Waals surface area contributed by atoms with E-state index in [1.165, 1.54) is 12.4 Å². The highest BCUT2D eigenvalue weighted by Crippen LogP contribution is 2.23. The third-order valence-corrected chi connectivity index (χ3v) is 3.69. The van der Waals surface area contributed by atoms with Crippen LogP contribution in [0.15, 0.2) is 53.6 Å². The van der Waals surface area contributed by atoms with E-state index in [-0.39, 0.29) is 30.1 Å². The molecule has 0 aliphatic rings. The van der Waals surface area contributed by atoms with E-state index in [0.29, 0.717) is 22.3 Å². The Labute approximate surface area is 147 Å². The normalized spacial score (nSPS) is 10.5. The lowest BCUT2D eigenvalue weighted by Gasteiger charge is -2.08. The molecule has 26 heavy (non-hydrogen) atoms. The van der Waals surface area contributed by atoms with Crippen LogP contribution in [0.2, 0.25) is 0 Å². The molecule has 0 atom stereocenters. The van der Waals surface area contributed by atoms with E-state index in [1.54, 1.807) is 36.4 Å². The summed E-state index contributed by atoms with van der Waals surface area (Å²) in [6.07, 6.45) is 1.42. The van der Waals surface area contributed by atoms with Gasteiger partial charge >= 0.3 is 0 Å². The Morgan fingerprint density at radius 3 is 2.85 bits per heavy atom. The van der Waals surface area contributed by atoms with Crippen LogP contribution in [0.5, 0.6) is 0 Å². The highest BCUT2D eigenvalue weighted by atomic mass is 16.6. The third kappa shape index (κ3) is 3.83. The number of nitrogens with zero attached hydrogens (tertiary/aromatic N) is 2. The van der Waals surface area contributed by atoms with Gasteiger partial charge in [-0.25, -0.2) is 4.98 Å². The number of nitrogens with one attached hydrogen (secondary N) is 3. The first-order valence-corrected chi connectivity index (χ1v) is 7.79. The number of nitro groups is 1. The molecule has 1 aromatic heterocycles. The largest absolute Gasteiger partial charge is 0.379 e. The van der Waals surface area contributed by atoms with Crippen LogP contribution in [0.25, 0.3) is 10.9 Å². The Balaban J connectivity index is 1.61. The minimum absolute atomic E-state index is 0.0471. The zero-order valence-corrected chi connectivity index (χ0v) is 13.6. The van der Waals surface area contributed by atoms with Gasteiger partial charge in [0.2, 0.25) is 5.91 Å². The van der Waals surface area contributed by atoms with Crippen LogP contribution in [0.1, 0.15) is 6.42 Å². The molecule has 0 unspecified atom stereocenters. The molecular formula is C17H15N5O4. The van der Waals surface area contributed by atoms with Crippen molar-refractivity contribution in [1.29, 1.82) is 0 Å². The number of rotatable bonds is 6. The third-order valence-electron chi connectivity index (χ3n) is 3.69. The SMILES string of the molecule is O=C(CCNc1ccccc1[N+](=O)[O-])Nc1ccc2nc[nH]c(=O)c2c1. The summed E-state index contributed by atoms with van der Waals surface area (Å²) in [4.78, 5) is 40.8. The second-order valence-corrected chi connectivity index (χ2v) is 5.46. The zero-order valence-electron chi connectivity index (χ0n) is 13.6. The van der Waals surface area contributed by atoms with Crippen molar-refractivity contribution >= 4 is 33.9 Å². The number of nitro benzene ring substituents is 1. The van der Waals surface area contributed by atoms with Gasteiger partial charge in [-0.3, -0.25) is 19.7 Å². The smallest absolute Gasteiger partial charge is 0.292 e. The van der Waals surface area contributed by atoms with Gasteiger partial charge in [0.25, 0.3) is 11.2 Å². The maximum atomic E-state index is 12.1. The van der Waals surface area contributed by atoms with Gasteiger partial charge in [-0.15, -0.1) is 0 Å². The predicted octanol–water partition coefficient (Wildman–Crippen LogP) is 2.27. The number of aromatic nitrogens is 2. The van der Waals surface area contributed by atoms with Crippen LogP contribution < -0.4 is 16.2 Å². The van der Waals surface area contributed by atoms with Crippen molar-refractivity contribution in [1.82, 2.24) is 9.97 Å². The van der Waals surface area contributed by atoms with Gasteiger partial charge in [0.15, 0.2) is 0 Å². The molecule has 0 spiro atoms. The topological polar surface area (TPSA) is 130 Å². The number of aromatic amines is 1. The lowest BCUT2D eigenvalue weighted by molar-refractivity contribution is -0.384. The number of carbonyl (C=O) groups excluding carboxylic acids is 1. The summed E-state index contributed by atoms with van der Waals surface area (Å²) in [5.41, 5.74) is 1.03. The molecule has 1 heterocycles. The van der Waals surface area contributed by atoms with Crippen molar-refractivity contribution in [2.24, 2.45) is 0 Å². The first kappa shape index (κ1) is 17.1. The molecular weight excluding hydrogens is 338 g/mol. The Hall–Kier alpha value is -3.75. The Bertz CT molecular complexity index is 1030. The fraction of sp³-hybridized carbons (Fsp3) is 0.118. The molecule has 0 bridgehead atoms. The van der Waals surface area contributed by atoms with Crippen molar-refractivity contribution in [3.8, 4) is 0 Å². The van der Waals surface area contributed by atoms with E-state index in [0.717, 1.165) is 0 Å². The summed E-state index contributed by atoms with van der Waals surface area (Å²) in [5.74, 6) is -0.282. The number of fused-ring (bicyclic) bond motifs is 1. The minimum Gasteiger partial charge on any atom is -0.379 e. The first-order chi connectivity index (χ1) is 12.5. The van der Waals surface area contributed by atoms with Crippen LogP contribution in [-0.2, 0) is 4.79 Å². The van der Waals surface area contributed by atoms with Crippen molar-refractivity contribution < 1.29 is 9.72 Å². The van der Waals surface area contributed by atoms with E-state index in [4.69, 9.17) is 0 Å². The number of carbonyl (C=O) groups is 1. The van der Waals surface area contributed by atoms with E-state index >= 15 is 0 Å². The van der Waals surface area contributed by atoms with Gasteiger partial charge < -0.3 is 15.6 Å². The van der Waals surface area contributed by atoms with Crippen LogP contribution in [0.3, 0.4) is 0 Å². The maximum absolute atomic E-state index is 12.1. The molecule has 132 valence electrons. The van der Waals surface area contributed by atoms with Crippen LogP contribution in [0, 0.1) is 10.1 Å². The van der Waals surface area contributed by atoms with Gasteiger partial charge in [-0.1, -0.05) is 12.1 Å². The summed E-state index contributed by atoms with van der Waals surface area (Å²) in [6, 6.07) is 11.1. The molecule has 9 heteroatoms. The summed E-state index contributed by atoms with van der Waals surface area (Å²) in [7, 11) is 0. The Morgan fingerprint density at radius 1 is 1.23 bits per heavy atom. The molecule has 0 saturated carbocycles. The molecule has 0 aliphatic heterocycles. The number of anilines is 2. The number of hydrogen-bond acceptors (Lipinski definition) is 6. The van der Waals surface area contributed by atoms with Crippen molar-refractivity contribution in [2.45, 2.75) is 6.42 Å². The van der Waals surface area contributed by atoms with Gasteiger partial charge in [0, 0.05) is 24.7 Å². The maximum Gasteiger partial charge on any atom is 0.292 e. The van der Waals surface area contributed by atoms with Crippen molar-refractivity contribution in [3.63, 3.8) is 0 Å². The van der Waals surface area contributed by atoms with Crippen LogP contribution >= 0.6 is 0 Å². The number of amides is 1. The van der Waals surface area contributed by atoms with Crippen LogP contribution in [0.4, 0.5) is 17.1 Å². The van der Waals surface area contributed by atoms with E-state index < -0.39 is 4.92 Å². The summed E-state index contributed by atoms with van der Waals surface area (Å²) < 4.78 is 0. The molecule has 0 aliphatic carbocycles. The molecule has 3 rings (SSSR count). The predicted molar refractivity (Wildman–Crippen MR) is 97.2 cm³/mol. The standard InChI is InChI=1S/C17H15N5O4/c23-16(7-8-18-14-3-1-2-4-15(14)22(25)26)21-11-5-6-13-12(9-11)17(24)20-10-19-13/h1-6,9-10,18H,7-8H2,(H,21,23)(H,19,20,24). The van der Waals surface area contributed by atoms with Crippen LogP contribution in [-0.4, -0.2) is 27.3 Å². The number of para-hydroxylation sites is 2. The highest BCUT2D eigenvalue weighted by molar-refractivity contribution is 5.93. The lowest BCUT2D eigenvalue weighted by Crippen LogP contribution is -2.17. The van der Waals surface area contributed by atoms with E-state index in [1.807, 2.05) is 0 Å². The molecule has 0 fully saturated rings. The molecule has 9 nitrogen and oxygen atoms in total. The molecule has 3 aromatic rings. The second-order valence-electron chi connectivity index (χ2n) is 5.46. The quantitative estimate of drug-likeness (QED) is 0.460. The second kappa shape index (κ2) is 7.43. The molecule has 1 amide bonds. The molecule has 3 N–H and O–H groups in total. The molecule has 2 aromatic carbocycles. The summed E-state index contributed by atoms with van der Waals surface area (Å²) in [6.45, 7) is 0.229. The molecule has 0 saturated heterocycles. The van der Waals surface area contributed by atoms with Gasteiger partial charge in [-0.05, 0) is 24.3 Å². The Morgan fingerprint density at radius 2 is 2.04 bits per heavy atom. The molecule has 0 radical (unpaired) electrons. The fourth-order valence-corrected chi connectivity index (χ4v) is 2.46. The van der Waals surface area contributed by atoms with E-state index in [9.17, 15) is 19.7 Å².